The fraction of sp³-hybridized carbons (Fsp3) is 0.586. The lowest BCUT2D eigenvalue weighted by atomic mass is 9.92. The van der Waals surface area contributed by atoms with Gasteiger partial charge in [0.1, 0.15) is 27.6 Å². The highest BCUT2D eigenvalue weighted by Gasteiger charge is 2.48. The summed E-state index contributed by atoms with van der Waals surface area (Å²) in [6, 6.07) is -0.186. The average molecular weight is 636 g/mol. The molecule has 0 spiro atoms. The second-order valence-electron chi connectivity index (χ2n) is 11.7. The van der Waals surface area contributed by atoms with Gasteiger partial charge in [-0.3, -0.25) is 19.5 Å². The number of hydrogen-bond acceptors (Lipinski definition) is 9. The third-order valence-corrected chi connectivity index (χ3v) is 9.61. The SMILES string of the molecule is C=CC(=O)NC1CN(C2CCN(C)CC2)CC1Nc1ncc2c(n1)N(C)C(=O)N(C1=C(Cl)C(OC)=CC(OC)C1(C)Cl)C2. The summed E-state index contributed by atoms with van der Waals surface area (Å²) in [5.41, 5.74) is 1.10. The molecule has 0 saturated carbocycles. The number of allylic oxidation sites excluding steroid dienone is 1. The van der Waals surface area contributed by atoms with Crippen LogP contribution in [0.25, 0.3) is 0 Å². The number of piperidine rings is 1. The molecule has 0 bridgehead atoms. The van der Waals surface area contributed by atoms with Gasteiger partial charge in [-0.05, 0) is 52.1 Å². The molecule has 12 nitrogen and oxygen atoms in total. The van der Waals surface area contributed by atoms with Crippen molar-refractivity contribution in [3.8, 4) is 0 Å². The number of fused-ring (bicyclic) bond motifs is 1. The zero-order chi connectivity index (χ0) is 31.1. The fourth-order valence-corrected chi connectivity index (χ4v) is 7.24. The number of halogens is 2. The summed E-state index contributed by atoms with van der Waals surface area (Å²) in [5.74, 6) is 1.01. The second-order valence-corrected chi connectivity index (χ2v) is 12.8. The van der Waals surface area contributed by atoms with Crippen molar-refractivity contribution in [2.24, 2.45) is 0 Å². The Labute approximate surface area is 262 Å². The van der Waals surface area contributed by atoms with Gasteiger partial charge in [0.05, 0.1) is 31.4 Å². The Morgan fingerprint density at radius 2 is 1.91 bits per heavy atom. The van der Waals surface area contributed by atoms with Gasteiger partial charge in [-0.1, -0.05) is 18.2 Å². The molecule has 0 radical (unpaired) electrons. The zero-order valence-electron chi connectivity index (χ0n) is 25.3. The van der Waals surface area contributed by atoms with Crippen molar-refractivity contribution in [1.82, 2.24) is 30.0 Å². The van der Waals surface area contributed by atoms with E-state index in [1.165, 1.54) is 23.0 Å². The lowest BCUT2D eigenvalue weighted by molar-refractivity contribution is -0.117. The number of alkyl halides is 1. The van der Waals surface area contributed by atoms with Gasteiger partial charge in [0, 0.05) is 45.0 Å². The number of aromatic nitrogens is 2. The molecule has 4 aliphatic rings. The molecule has 0 aromatic carbocycles. The molecule has 2 N–H and O–H groups in total. The first-order chi connectivity index (χ1) is 20.5. The Kier molecular flexibility index (Phi) is 9.24. The Morgan fingerprint density at radius 1 is 1.21 bits per heavy atom. The van der Waals surface area contributed by atoms with Gasteiger partial charge in [-0.2, -0.15) is 4.98 Å². The van der Waals surface area contributed by atoms with E-state index < -0.39 is 11.0 Å². The summed E-state index contributed by atoms with van der Waals surface area (Å²) in [6.45, 7) is 9.08. The minimum absolute atomic E-state index is 0.129. The third-order valence-electron chi connectivity index (χ3n) is 8.85. The number of methoxy groups -OCH3 is 2. The number of carbonyl (C=O) groups is 2. The highest BCUT2D eigenvalue weighted by Crippen LogP contribution is 2.45. The van der Waals surface area contributed by atoms with Crippen molar-refractivity contribution >= 4 is 46.9 Å². The molecule has 14 heteroatoms. The van der Waals surface area contributed by atoms with Gasteiger partial charge in [0.15, 0.2) is 0 Å². The minimum Gasteiger partial charge on any atom is -0.495 e. The first-order valence-electron chi connectivity index (χ1n) is 14.4. The summed E-state index contributed by atoms with van der Waals surface area (Å²) in [6.07, 6.45) is 6.27. The highest BCUT2D eigenvalue weighted by atomic mass is 35.5. The number of hydrogen-bond donors (Lipinski definition) is 2. The maximum Gasteiger partial charge on any atom is 0.330 e. The summed E-state index contributed by atoms with van der Waals surface area (Å²) in [5, 5.41) is 6.75. The normalized spacial score (nSPS) is 29.0. The highest BCUT2D eigenvalue weighted by molar-refractivity contribution is 6.35. The molecule has 2 saturated heterocycles. The predicted molar refractivity (Wildman–Crippen MR) is 166 cm³/mol. The molecule has 2 fully saturated rings. The van der Waals surface area contributed by atoms with E-state index in [-0.39, 0.29) is 35.6 Å². The molecule has 1 aromatic heterocycles. The Balaban J connectivity index is 1.38. The first-order valence-corrected chi connectivity index (χ1v) is 15.1. The van der Waals surface area contributed by atoms with Gasteiger partial charge in [0.2, 0.25) is 11.9 Å². The van der Waals surface area contributed by atoms with Crippen LogP contribution >= 0.6 is 23.2 Å². The van der Waals surface area contributed by atoms with Crippen molar-refractivity contribution in [3.63, 3.8) is 0 Å². The number of carbonyl (C=O) groups excluding carboxylic acids is 2. The van der Waals surface area contributed by atoms with E-state index in [1.54, 1.807) is 33.4 Å². The Bertz CT molecular complexity index is 1330. The number of ether oxygens (including phenoxy) is 2. The Hall–Kier alpha value is -2.90. The van der Waals surface area contributed by atoms with Crippen LogP contribution in [0.15, 0.2) is 41.4 Å². The number of nitrogens with zero attached hydrogens (tertiary/aromatic N) is 6. The molecule has 43 heavy (non-hydrogen) atoms. The largest absolute Gasteiger partial charge is 0.495 e. The molecule has 1 aromatic rings. The van der Waals surface area contributed by atoms with Crippen molar-refractivity contribution in [1.29, 1.82) is 0 Å². The van der Waals surface area contributed by atoms with Crippen LogP contribution in [-0.4, -0.2) is 120 Å². The van der Waals surface area contributed by atoms with E-state index in [4.69, 9.17) is 37.7 Å². The van der Waals surface area contributed by atoms with Gasteiger partial charge >= 0.3 is 6.03 Å². The smallest absolute Gasteiger partial charge is 0.330 e. The van der Waals surface area contributed by atoms with E-state index in [0.29, 0.717) is 29.3 Å². The van der Waals surface area contributed by atoms with Gasteiger partial charge < -0.3 is 25.0 Å². The van der Waals surface area contributed by atoms with Crippen LogP contribution in [0.2, 0.25) is 0 Å². The molecule has 1 aliphatic carbocycles. The molecule has 3 amide bonds. The summed E-state index contributed by atoms with van der Waals surface area (Å²) in [4.78, 5) is 42.0. The number of rotatable bonds is 8. The topological polar surface area (TPSA) is 115 Å². The molecule has 3 aliphatic heterocycles. The summed E-state index contributed by atoms with van der Waals surface area (Å²) < 4.78 is 11.1. The lowest BCUT2D eigenvalue weighted by Gasteiger charge is -2.43. The first kappa shape index (κ1) is 31.5. The van der Waals surface area contributed by atoms with Crippen molar-refractivity contribution in [2.75, 3.05) is 64.7 Å². The van der Waals surface area contributed by atoms with Crippen LogP contribution in [0.4, 0.5) is 16.6 Å². The lowest BCUT2D eigenvalue weighted by Crippen LogP contribution is -2.52. The van der Waals surface area contributed by atoms with Gasteiger partial charge in [-0.15, -0.1) is 11.6 Å². The van der Waals surface area contributed by atoms with Crippen LogP contribution in [0, 0.1) is 0 Å². The minimum atomic E-state index is -1.14. The van der Waals surface area contributed by atoms with Gasteiger partial charge in [0.25, 0.3) is 0 Å². The van der Waals surface area contributed by atoms with Crippen LogP contribution in [-0.2, 0) is 20.8 Å². The van der Waals surface area contributed by atoms with Crippen molar-refractivity contribution < 1.29 is 19.1 Å². The predicted octanol–water partition coefficient (Wildman–Crippen LogP) is 2.72. The number of nitrogens with one attached hydrogen (secondary N) is 2. The number of anilines is 2. The van der Waals surface area contributed by atoms with E-state index in [9.17, 15) is 9.59 Å². The average Bonchev–Trinajstić information content (AvgIpc) is 3.37. The van der Waals surface area contributed by atoms with Crippen LogP contribution in [0.5, 0.6) is 0 Å². The van der Waals surface area contributed by atoms with E-state index in [1.807, 2.05) is 0 Å². The third kappa shape index (κ3) is 6.08. The van der Waals surface area contributed by atoms with E-state index in [0.717, 1.165) is 44.6 Å². The number of urea groups is 1. The molecule has 4 atom stereocenters. The molecular formula is C29H40Cl2N8O4. The molecule has 5 rings (SSSR count). The molecule has 4 heterocycles. The zero-order valence-corrected chi connectivity index (χ0v) is 26.8. The van der Waals surface area contributed by atoms with E-state index in [2.05, 4.69) is 39.0 Å². The van der Waals surface area contributed by atoms with Crippen molar-refractivity contribution in [3.05, 3.63) is 47.0 Å². The summed E-state index contributed by atoms with van der Waals surface area (Å²) in [7, 11) is 6.84. The monoisotopic (exact) mass is 634 g/mol. The number of amides is 3. The van der Waals surface area contributed by atoms with Gasteiger partial charge in [-0.25, -0.2) is 9.78 Å². The molecule has 234 valence electrons. The fourth-order valence-electron chi connectivity index (χ4n) is 6.41. The molecule has 4 unspecified atom stereocenters. The molecular weight excluding hydrogens is 595 g/mol. The maximum absolute atomic E-state index is 13.8. The second kappa shape index (κ2) is 12.6. The van der Waals surface area contributed by atoms with Crippen LogP contribution in [0.1, 0.15) is 25.3 Å². The van der Waals surface area contributed by atoms with Crippen LogP contribution in [0.3, 0.4) is 0 Å². The summed E-state index contributed by atoms with van der Waals surface area (Å²) >= 11 is 13.7. The quantitative estimate of drug-likeness (QED) is 0.329. The van der Waals surface area contributed by atoms with E-state index >= 15 is 0 Å². The van der Waals surface area contributed by atoms with Crippen LogP contribution < -0.4 is 15.5 Å². The Morgan fingerprint density at radius 3 is 2.56 bits per heavy atom. The maximum atomic E-state index is 13.8. The van der Waals surface area contributed by atoms with Crippen molar-refractivity contribution in [2.45, 2.75) is 55.4 Å². The number of likely N-dealkylation sites (tertiary alicyclic amines) is 2. The standard InChI is InChI=1S/C29H40Cl2N8O4/c1-7-23(40)33-19-15-38(18-8-10-36(3)11-9-18)16-20(19)34-27-32-13-17-14-39(28(41)37(4)26(17)35-27)25-24(30)21(42-5)12-22(43-6)29(25,2)31/h7,12-13,18-20,22H,1,8-11,14-16H2,2-6H3,(H,33,40)(H,32,34,35).